The molecule has 0 aliphatic carbocycles. The number of hydrogen-bond donors (Lipinski definition) is 4. The van der Waals surface area contributed by atoms with Gasteiger partial charge in [0.15, 0.2) is 0 Å². The monoisotopic (exact) mass is 608 g/mol. The zero-order valence-electron chi connectivity index (χ0n) is 22.8. The maximum Gasteiger partial charge on any atom is 0.500 e. The Morgan fingerprint density at radius 3 is 0.667 bits per heavy atom. The smallest absolute Gasteiger partial charge is 0.374 e. The molecule has 0 radical (unpaired) electrons. The molecule has 18 heteroatoms. The zero-order chi connectivity index (χ0) is 29.3. The van der Waals surface area contributed by atoms with Crippen molar-refractivity contribution in [2.75, 3.05) is 39.6 Å². The molecular weight excluding hydrogens is 560 g/mol. The van der Waals surface area contributed by atoms with Crippen molar-refractivity contribution in [3.63, 3.8) is 0 Å². The van der Waals surface area contributed by atoms with Crippen LogP contribution in [0.15, 0.2) is 0 Å². The lowest BCUT2D eigenvalue weighted by atomic mass is 10.6. The van der Waals surface area contributed by atoms with E-state index in [-0.39, 0.29) is 0 Å². The molecular formula is C18H48O14S2Si2. The average molecular weight is 609 g/mol. The molecule has 0 heterocycles. The summed E-state index contributed by atoms with van der Waals surface area (Å²) in [6.45, 7) is 20.2. The van der Waals surface area contributed by atoms with Crippen molar-refractivity contribution in [3.05, 3.63) is 0 Å². The van der Waals surface area contributed by atoms with E-state index in [1.54, 1.807) is 0 Å². The van der Waals surface area contributed by atoms with Crippen LogP contribution in [0.2, 0.25) is 12.1 Å². The first kappa shape index (κ1) is 43.0. The molecule has 14 nitrogen and oxygen atoms in total. The molecule has 0 fully saturated rings. The van der Waals surface area contributed by atoms with Crippen molar-refractivity contribution in [1.29, 1.82) is 0 Å². The van der Waals surface area contributed by atoms with E-state index in [1.165, 1.54) is 0 Å². The van der Waals surface area contributed by atoms with E-state index in [0.29, 0.717) is 39.6 Å². The van der Waals surface area contributed by atoms with Gasteiger partial charge in [-0.3, -0.25) is 18.2 Å². The van der Waals surface area contributed by atoms with E-state index in [0.717, 1.165) is 24.9 Å². The second-order valence-electron chi connectivity index (χ2n) is 6.36. The van der Waals surface area contributed by atoms with Gasteiger partial charge in [0.05, 0.1) is 0 Å². The quantitative estimate of drug-likeness (QED) is 0.146. The summed E-state index contributed by atoms with van der Waals surface area (Å²) in [4.78, 5) is 0. The Morgan fingerprint density at radius 2 is 0.583 bits per heavy atom. The highest BCUT2D eigenvalue weighted by molar-refractivity contribution is 7.80. The third kappa shape index (κ3) is 36.1. The molecule has 0 saturated carbocycles. The van der Waals surface area contributed by atoms with Crippen LogP contribution in [-0.4, -0.2) is 92.3 Å². The average Bonchev–Trinajstić information content (AvgIpc) is 2.68. The van der Waals surface area contributed by atoms with Crippen LogP contribution in [-0.2, 0) is 47.4 Å². The Labute approximate surface area is 219 Å². The maximum atomic E-state index is 8.74. The molecule has 0 aliphatic heterocycles. The second-order valence-corrected chi connectivity index (χ2v) is 13.6. The van der Waals surface area contributed by atoms with Gasteiger partial charge in [-0.05, 0) is 41.5 Å². The standard InChI is InChI=1S/2C9H22O3Si.2H2O4S/c2*1-5-9-13(10-6-2,11-7-3)12-8-4;2*1-5(2,3)4/h2*5-9H2,1-4H3;2*(H2,1,2,3,4). The SMILES string of the molecule is CCC[Si](OCC)(OCC)OCC.CCC[Si](OCC)(OCC)OCC.O=S(=O)(O)O.O=S(=O)(O)O. The predicted octanol–water partition coefficient (Wildman–Crippen LogP) is 3.58. The molecule has 224 valence electrons. The van der Waals surface area contributed by atoms with Gasteiger partial charge in [-0.15, -0.1) is 0 Å². The van der Waals surface area contributed by atoms with E-state index in [2.05, 4.69) is 13.8 Å². The van der Waals surface area contributed by atoms with Crippen LogP contribution >= 0.6 is 0 Å². The topological polar surface area (TPSA) is 205 Å². The normalized spacial score (nSPS) is 11.9. The van der Waals surface area contributed by atoms with Crippen molar-refractivity contribution in [2.45, 2.75) is 80.3 Å². The van der Waals surface area contributed by atoms with Crippen LogP contribution in [0, 0.1) is 0 Å². The largest absolute Gasteiger partial charge is 0.500 e. The summed E-state index contributed by atoms with van der Waals surface area (Å²) < 4.78 is 97.0. The fourth-order valence-corrected chi connectivity index (χ4v) is 7.84. The predicted molar refractivity (Wildman–Crippen MR) is 140 cm³/mol. The molecule has 0 rings (SSSR count). The summed E-state index contributed by atoms with van der Waals surface area (Å²) in [7, 11) is -13.9. The van der Waals surface area contributed by atoms with Crippen LogP contribution in [0.25, 0.3) is 0 Å². The Balaban J connectivity index is -0.000000208. The van der Waals surface area contributed by atoms with E-state index >= 15 is 0 Å². The van der Waals surface area contributed by atoms with Crippen molar-refractivity contribution < 1.29 is 61.6 Å². The van der Waals surface area contributed by atoms with Gasteiger partial charge in [-0.2, -0.15) is 16.8 Å². The van der Waals surface area contributed by atoms with E-state index in [4.69, 9.17) is 61.6 Å². The fraction of sp³-hybridized carbons (Fsp3) is 1.00. The van der Waals surface area contributed by atoms with Gasteiger partial charge in [-0.25, -0.2) is 0 Å². The Morgan fingerprint density at radius 1 is 0.444 bits per heavy atom. The van der Waals surface area contributed by atoms with Crippen LogP contribution in [0.5, 0.6) is 0 Å². The molecule has 36 heavy (non-hydrogen) atoms. The van der Waals surface area contributed by atoms with E-state index in [9.17, 15) is 0 Å². The molecule has 0 bridgehead atoms. The van der Waals surface area contributed by atoms with Gasteiger partial charge in [-0.1, -0.05) is 26.7 Å². The molecule has 0 spiro atoms. The van der Waals surface area contributed by atoms with Gasteiger partial charge >= 0.3 is 38.4 Å². The summed E-state index contributed by atoms with van der Waals surface area (Å²) >= 11 is 0. The highest BCUT2D eigenvalue weighted by atomic mass is 32.3. The lowest BCUT2D eigenvalue weighted by molar-refractivity contribution is 0.0703. The molecule has 0 aromatic rings. The van der Waals surface area contributed by atoms with Gasteiger partial charge in [0, 0.05) is 51.7 Å². The third-order valence-electron chi connectivity index (χ3n) is 3.30. The van der Waals surface area contributed by atoms with Gasteiger partial charge in [0.1, 0.15) is 0 Å². The van der Waals surface area contributed by atoms with Crippen molar-refractivity contribution in [2.24, 2.45) is 0 Å². The fourth-order valence-electron chi connectivity index (χ4n) is 2.61. The molecule has 0 aromatic heterocycles. The number of rotatable bonds is 16. The van der Waals surface area contributed by atoms with Crippen LogP contribution in [0.3, 0.4) is 0 Å². The lowest BCUT2D eigenvalue weighted by Gasteiger charge is -2.27. The van der Waals surface area contributed by atoms with Gasteiger partial charge in [0.25, 0.3) is 0 Å². The molecule has 4 N–H and O–H groups in total. The van der Waals surface area contributed by atoms with Crippen molar-refractivity contribution in [1.82, 2.24) is 0 Å². The molecule has 0 unspecified atom stereocenters. The van der Waals surface area contributed by atoms with Crippen molar-refractivity contribution >= 4 is 38.4 Å². The Bertz CT molecular complexity index is 544. The minimum atomic E-state index is -4.67. The second kappa shape index (κ2) is 25.2. The van der Waals surface area contributed by atoms with E-state index in [1.807, 2.05) is 41.5 Å². The first-order valence-corrected chi connectivity index (χ1v) is 18.4. The number of hydrogen-bond acceptors (Lipinski definition) is 10. The Hall–Kier alpha value is -0.0662. The molecule has 0 aromatic carbocycles. The van der Waals surface area contributed by atoms with Crippen LogP contribution < -0.4 is 0 Å². The first-order valence-electron chi connectivity index (χ1n) is 11.7. The molecule has 0 amide bonds. The van der Waals surface area contributed by atoms with E-state index < -0.39 is 38.4 Å². The minimum Gasteiger partial charge on any atom is -0.374 e. The summed E-state index contributed by atoms with van der Waals surface area (Å²) in [5, 5.41) is 0. The van der Waals surface area contributed by atoms with Crippen LogP contribution in [0.1, 0.15) is 68.2 Å². The Kier molecular flexibility index (Phi) is 30.1. The summed E-state index contributed by atoms with van der Waals surface area (Å²) in [6, 6.07) is 1.84. The minimum absolute atomic E-state index is 0.673. The van der Waals surface area contributed by atoms with Gasteiger partial charge in [0.2, 0.25) is 0 Å². The zero-order valence-corrected chi connectivity index (χ0v) is 26.4. The summed E-state index contributed by atoms with van der Waals surface area (Å²) in [5.74, 6) is 0. The third-order valence-corrected chi connectivity index (χ3v) is 9.89. The highest BCUT2D eigenvalue weighted by Crippen LogP contribution is 2.18. The maximum absolute atomic E-state index is 8.74. The van der Waals surface area contributed by atoms with Crippen molar-refractivity contribution in [3.8, 4) is 0 Å². The molecule has 0 atom stereocenters. The summed E-state index contributed by atoms with van der Waals surface area (Å²) in [5.41, 5.74) is 0. The van der Waals surface area contributed by atoms with Crippen LogP contribution in [0.4, 0.5) is 0 Å². The lowest BCUT2D eigenvalue weighted by Crippen LogP contribution is -2.45. The molecule has 0 aliphatic rings. The summed E-state index contributed by atoms with van der Waals surface area (Å²) in [6.07, 6.45) is 2.10. The first-order chi connectivity index (χ1) is 16.5. The molecule has 0 saturated heterocycles. The highest BCUT2D eigenvalue weighted by Gasteiger charge is 2.39. The van der Waals surface area contributed by atoms with Gasteiger partial charge < -0.3 is 26.6 Å².